The van der Waals surface area contributed by atoms with Gasteiger partial charge in [-0.25, -0.2) is 4.79 Å². The fourth-order valence-electron chi connectivity index (χ4n) is 3.75. The van der Waals surface area contributed by atoms with Gasteiger partial charge in [0.1, 0.15) is 0 Å². The Bertz CT molecular complexity index is 577. The van der Waals surface area contributed by atoms with Crippen LogP contribution in [-0.4, -0.2) is 30.3 Å². The lowest BCUT2D eigenvalue weighted by Gasteiger charge is -2.19. The van der Waals surface area contributed by atoms with Crippen molar-refractivity contribution in [2.24, 2.45) is 5.41 Å². The van der Waals surface area contributed by atoms with Crippen LogP contribution in [0.1, 0.15) is 115 Å². The van der Waals surface area contributed by atoms with Crippen LogP contribution in [0.5, 0.6) is 0 Å². The monoisotopic (exact) mass is 433 g/mol. The van der Waals surface area contributed by atoms with E-state index in [1.54, 1.807) is 0 Å². The highest BCUT2D eigenvalue weighted by molar-refractivity contribution is 5.89. The molecule has 178 valence electrons. The van der Waals surface area contributed by atoms with E-state index in [-0.39, 0.29) is 12.1 Å². The molecule has 1 rings (SSSR count). The smallest absolute Gasteiger partial charge is 0.338 e. The number of benzene rings is 1. The van der Waals surface area contributed by atoms with Gasteiger partial charge in [-0.3, -0.25) is 0 Å². The molecule has 31 heavy (non-hydrogen) atoms. The first-order chi connectivity index (χ1) is 14.8. The summed E-state index contributed by atoms with van der Waals surface area (Å²) in [6, 6.07) is 7.50. The maximum atomic E-state index is 11.6. The van der Waals surface area contributed by atoms with Crippen molar-refractivity contribution in [3.63, 3.8) is 0 Å². The number of rotatable bonds is 17. The second-order valence-corrected chi connectivity index (χ2v) is 9.95. The van der Waals surface area contributed by atoms with Gasteiger partial charge in [-0.15, -0.1) is 0 Å². The summed E-state index contributed by atoms with van der Waals surface area (Å²) in [6.45, 7) is 9.98. The molecule has 0 amide bonds. The maximum Gasteiger partial charge on any atom is 0.338 e. The number of nitrogens with one attached hydrogen (secondary N) is 1. The molecule has 1 unspecified atom stereocenters. The van der Waals surface area contributed by atoms with Gasteiger partial charge in [-0.1, -0.05) is 72.1 Å². The highest BCUT2D eigenvalue weighted by Gasteiger charge is 2.11. The van der Waals surface area contributed by atoms with Crippen LogP contribution in [0.4, 0.5) is 5.69 Å². The molecule has 0 spiro atoms. The highest BCUT2D eigenvalue weighted by Crippen LogP contribution is 2.23. The summed E-state index contributed by atoms with van der Waals surface area (Å²) in [7, 11) is 0. The van der Waals surface area contributed by atoms with E-state index in [9.17, 15) is 9.90 Å². The van der Waals surface area contributed by atoms with E-state index in [1.807, 2.05) is 31.2 Å². The normalized spacial score (nSPS) is 12.5. The zero-order chi connectivity index (χ0) is 23.0. The average Bonchev–Trinajstić information content (AvgIpc) is 2.71. The predicted octanol–water partition coefficient (Wildman–Crippen LogP) is 7.36. The molecule has 0 fully saturated rings. The van der Waals surface area contributed by atoms with Gasteiger partial charge in [0.25, 0.3) is 0 Å². The van der Waals surface area contributed by atoms with Gasteiger partial charge in [0, 0.05) is 12.2 Å². The van der Waals surface area contributed by atoms with Gasteiger partial charge in [-0.05, 0) is 62.3 Å². The minimum absolute atomic E-state index is 0.101. The van der Waals surface area contributed by atoms with Crippen molar-refractivity contribution < 1.29 is 14.6 Å². The Morgan fingerprint density at radius 2 is 1.45 bits per heavy atom. The summed E-state index contributed by atoms with van der Waals surface area (Å²) in [5, 5.41) is 13.5. The molecule has 4 heteroatoms. The topological polar surface area (TPSA) is 58.6 Å². The molecule has 0 heterocycles. The number of unbranched alkanes of at least 4 members (excludes halogenated alkanes) is 7. The second-order valence-electron chi connectivity index (χ2n) is 9.95. The lowest BCUT2D eigenvalue weighted by Crippen LogP contribution is -2.10. The largest absolute Gasteiger partial charge is 0.462 e. The Balaban J connectivity index is 1.92. The van der Waals surface area contributed by atoms with E-state index in [2.05, 4.69) is 26.1 Å². The first kappa shape index (κ1) is 27.5. The van der Waals surface area contributed by atoms with Crippen molar-refractivity contribution in [2.75, 3.05) is 18.5 Å². The fraction of sp³-hybridized carbons (Fsp3) is 0.741. The molecule has 4 nitrogen and oxygen atoms in total. The summed E-state index contributed by atoms with van der Waals surface area (Å²) >= 11 is 0. The van der Waals surface area contributed by atoms with Crippen molar-refractivity contribution in [1.29, 1.82) is 0 Å². The lowest BCUT2D eigenvalue weighted by molar-refractivity contribution is 0.0526. The number of esters is 1. The third-order valence-electron chi connectivity index (χ3n) is 5.65. The standard InChI is InChI=1S/C27H47NO3/c1-5-31-26(30)23-17-19-24(20-18-23)28-22-13-11-9-7-6-8-10-12-15-25(29)16-14-21-27(2,3)4/h17-20,25,28-29H,5-16,21-22H2,1-4H3. The van der Waals surface area contributed by atoms with Crippen LogP contribution in [-0.2, 0) is 4.74 Å². The third-order valence-corrected chi connectivity index (χ3v) is 5.65. The van der Waals surface area contributed by atoms with Gasteiger partial charge >= 0.3 is 5.97 Å². The lowest BCUT2D eigenvalue weighted by atomic mass is 9.89. The van der Waals surface area contributed by atoms with Crippen molar-refractivity contribution in [3.8, 4) is 0 Å². The molecule has 1 atom stereocenters. The average molecular weight is 434 g/mol. The zero-order valence-corrected chi connectivity index (χ0v) is 20.5. The van der Waals surface area contributed by atoms with Gasteiger partial charge in [0.05, 0.1) is 18.3 Å². The first-order valence-corrected chi connectivity index (χ1v) is 12.5. The van der Waals surface area contributed by atoms with Gasteiger partial charge < -0.3 is 15.2 Å². The number of carbonyl (C=O) groups is 1. The molecule has 0 saturated carbocycles. The highest BCUT2D eigenvalue weighted by atomic mass is 16.5. The van der Waals surface area contributed by atoms with Crippen LogP contribution in [0.25, 0.3) is 0 Å². The van der Waals surface area contributed by atoms with E-state index in [0.29, 0.717) is 17.6 Å². The number of anilines is 1. The Hall–Kier alpha value is -1.55. The van der Waals surface area contributed by atoms with E-state index in [0.717, 1.165) is 37.9 Å². The van der Waals surface area contributed by atoms with Crippen molar-refractivity contribution >= 4 is 11.7 Å². The first-order valence-electron chi connectivity index (χ1n) is 12.5. The second kappa shape index (κ2) is 16.1. The molecule has 1 aromatic rings. The summed E-state index contributed by atoms with van der Waals surface area (Å²) in [4.78, 5) is 11.6. The van der Waals surface area contributed by atoms with E-state index in [4.69, 9.17) is 4.74 Å². The Labute approximate surface area is 191 Å². The maximum absolute atomic E-state index is 11.6. The minimum Gasteiger partial charge on any atom is -0.462 e. The molecule has 0 bridgehead atoms. The number of aliphatic hydroxyl groups excluding tert-OH is 1. The minimum atomic E-state index is -0.263. The predicted molar refractivity (Wildman–Crippen MR) is 132 cm³/mol. The molecular weight excluding hydrogens is 386 g/mol. The molecule has 0 saturated heterocycles. The molecule has 1 aromatic carbocycles. The number of hydrogen-bond donors (Lipinski definition) is 2. The van der Waals surface area contributed by atoms with Gasteiger partial charge in [-0.2, -0.15) is 0 Å². The number of aliphatic hydroxyl groups is 1. The Morgan fingerprint density at radius 3 is 2.03 bits per heavy atom. The van der Waals surface area contributed by atoms with E-state index in [1.165, 1.54) is 51.4 Å². The molecule has 0 aliphatic heterocycles. The quantitative estimate of drug-likeness (QED) is 0.199. The SMILES string of the molecule is CCOC(=O)c1ccc(NCCCCCCCCCCC(O)CCCC(C)(C)C)cc1. The van der Waals surface area contributed by atoms with Gasteiger partial charge in [0.2, 0.25) is 0 Å². The molecule has 0 aromatic heterocycles. The van der Waals surface area contributed by atoms with Crippen LogP contribution in [0, 0.1) is 5.41 Å². The molecule has 0 aliphatic rings. The van der Waals surface area contributed by atoms with Crippen molar-refractivity contribution in [1.82, 2.24) is 0 Å². The zero-order valence-electron chi connectivity index (χ0n) is 20.5. The van der Waals surface area contributed by atoms with Crippen LogP contribution in [0.15, 0.2) is 24.3 Å². The van der Waals surface area contributed by atoms with Crippen molar-refractivity contribution in [3.05, 3.63) is 29.8 Å². The molecule has 0 aliphatic carbocycles. The van der Waals surface area contributed by atoms with Crippen LogP contribution in [0.3, 0.4) is 0 Å². The fourth-order valence-corrected chi connectivity index (χ4v) is 3.75. The van der Waals surface area contributed by atoms with E-state index >= 15 is 0 Å². The number of ether oxygens (including phenoxy) is 1. The van der Waals surface area contributed by atoms with Crippen LogP contribution in [0.2, 0.25) is 0 Å². The summed E-state index contributed by atoms with van der Waals surface area (Å²) < 4.78 is 5.00. The molecule has 2 N–H and O–H groups in total. The summed E-state index contributed by atoms with van der Waals surface area (Å²) in [5.74, 6) is -0.263. The number of hydrogen-bond acceptors (Lipinski definition) is 4. The summed E-state index contributed by atoms with van der Waals surface area (Å²) in [5.41, 5.74) is 2.03. The Kier molecular flexibility index (Phi) is 14.3. The third kappa shape index (κ3) is 15.0. The van der Waals surface area contributed by atoms with Crippen LogP contribution < -0.4 is 5.32 Å². The van der Waals surface area contributed by atoms with Gasteiger partial charge in [0.15, 0.2) is 0 Å². The van der Waals surface area contributed by atoms with Crippen LogP contribution >= 0.6 is 0 Å². The number of carbonyl (C=O) groups excluding carboxylic acids is 1. The molecular formula is C27H47NO3. The summed E-state index contributed by atoms with van der Waals surface area (Å²) in [6.07, 6.45) is 14.2. The Morgan fingerprint density at radius 1 is 0.903 bits per heavy atom. The molecule has 0 radical (unpaired) electrons. The van der Waals surface area contributed by atoms with Crippen molar-refractivity contribution in [2.45, 2.75) is 111 Å². The van der Waals surface area contributed by atoms with E-state index < -0.39 is 0 Å².